The second-order valence-corrected chi connectivity index (χ2v) is 7.50. The van der Waals surface area contributed by atoms with Crippen LogP contribution in [-0.4, -0.2) is 36.9 Å². The summed E-state index contributed by atoms with van der Waals surface area (Å²) in [6.45, 7) is 4.92. The Kier molecular flexibility index (Phi) is 4.68. The van der Waals surface area contributed by atoms with Crippen molar-refractivity contribution < 1.29 is 18.3 Å². The van der Waals surface area contributed by atoms with Crippen LogP contribution in [0.5, 0.6) is 0 Å². The number of piperidine rings is 1. The highest BCUT2D eigenvalue weighted by atomic mass is 32.2. The molecule has 5 nitrogen and oxygen atoms in total. The lowest BCUT2D eigenvalue weighted by Gasteiger charge is -2.30. The molecule has 0 spiro atoms. The number of sulfonamides is 1. The van der Waals surface area contributed by atoms with Crippen LogP contribution in [0.3, 0.4) is 0 Å². The number of hydrogen-bond donors (Lipinski definition) is 1. The highest BCUT2D eigenvalue weighted by Crippen LogP contribution is 2.26. The van der Waals surface area contributed by atoms with Gasteiger partial charge in [-0.2, -0.15) is 4.31 Å². The van der Waals surface area contributed by atoms with E-state index in [4.69, 9.17) is 5.11 Å². The Morgan fingerprint density at radius 3 is 2.71 bits per heavy atom. The first-order chi connectivity index (χ1) is 9.86. The standard InChI is InChI=1S/C15H21NO4S/c1-3-12-6-7-13(15(17)18)9-14(12)21(19,20)16-8-4-5-11(2)10-16/h6-7,9,11H,3-5,8,10H2,1-2H3,(H,17,18). The SMILES string of the molecule is CCc1ccc(C(=O)O)cc1S(=O)(=O)N1CCCC(C)C1. The molecule has 1 fully saturated rings. The fourth-order valence-corrected chi connectivity index (χ4v) is 4.64. The summed E-state index contributed by atoms with van der Waals surface area (Å²) in [4.78, 5) is 11.2. The fourth-order valence-electron chi connectivity index (χ4n) is 2.72. The molecule has 6 heteroatoms. The van der Waals surface area contributed by atoms with Crippen LogP contribution >= 0.6 is 0 Å². The van der Waals surface area contributed by atoms with Gasteiger partial charge in [-0.1, -0.05) is 19.9 Å². The molecular formula is C15H21NO4S. The van der Waals surface area contributed by atoms with E-state index < -0.39 is 16.0 Å². The van der Waals surface area contributed by atoms with Crippen LogP contribution in [0, 0.1) is 5.92 Å². The molecule has 0 radical (unpaired) electrons. The van der Waals surface area contributed by atoms with Crippen LogP contribution in [0.1, 0.15) is 42.6 Å². The summed E-state index contributed by atoms with van der Waals surface area (Å²) >= 11 is 0. The van der Waals surface area contributed by atoms with Crippen molar-refractivity contribution in [2.45, 2.75) is 38.0 Å². The normalized spacial score (nSPS) is 20.4. The van der Waals surface area contributed by atoms with Crippen molar-refractivity contribution in [2.75, 3.05) is 13.1 Å². The number of carboxylic acid groups (broad SMARTS) is 1. The number of carbonyl (C=O) groups is 1. The molecule has 1 aliphatic heterocycles. The smallest absolute Gasteiger partial charge is 0.335 e. The van der Waals surface area contributed by atoms with Crippen LogP contribution in [0.2, 0.25) is 0 Å². The molecule has 116 valence electrons. The maximum absolute atomic E-state index is 12.8. The second kappa shape index (κ2) is 6.15. The van der Waals surface area contributed by atoms with Gasteiger partial charge in [0.1, 0.15) is 0 Å². The molecule has 1 aliphatic rings. The van der Waals surface area contributed by atoms with Crippen molar-refractivity contribution in [1.29, 1.82) is 0 Å². The van der Waals surface area contributed by atoms with Gasteiger partial charge in [0.15, 0.2) is 0 Å². The van der Waals surface area contributed by atoms with E-state index in [1.54, 1.807) is 6.07 Å². The molecule has 1 atom stereocenters. The minimum atomic E-state index is -3.62. The summed E-state index contributed by atoms with van der Waals surface area (Å²) in [5.41, 5.74) is 0.675. The van der Waals surface area contributed by atoms with Gasteiger partial charge in [-0.3, -0.25) is 0 Å². The van der Waals surface area contributed by atoms with Gasteiger partial charge in [-0.05, 0) is 42.9 Å². The van der Waals surface area contributed by atoms with Crippen LogP contribution in [0.25, 0.3) is 0 Å². The summed E-state index contributed by atoms with van der Waals surface area (Å²) in [5, 5.41) is 9.08. The largest absolute Gasteiger partial charge is 0.478 e. The Balaban J connectivity index is 2.47. The van der Waals surface area contributed by atoms with Gasteiger partial charge < -0.3 is 5.11 Å². The van der Waals surface area contributed by atoms with Crippen molar-refractivity contribution in [3.63, 3.8) is 0 Å². The van der Waals surface area contributed by atoms with Crippen molar-refractivity contribution in [1.82, 2.24) is 4.31 Å². The zero-order valence-electron chi connectivity index (χ0n) is 12.4. The number of aryl methyl sites for hydroxylation is 1. The summed E-state index contributed by atoms with van der Waals surface area (Å²) in [7, 11) is -3.62. The molecular weight excluding hydrogens is 290 g/mol. The molecule has 0 aromatic heterocycles. The highest BCUT2D eigenvalue weighted by Gasteiger charge is 2.30. The number of carboxylic acids is 1. The molecule has 2 rings (SSSR count). The molecule has 1 unspecified atom stereocenters. The van der Waals surface area contributed by atoms with Gasteiger partial charge in [-0.15, -0.1) is 0 Å². The number of rotatable bonds is 4. The third-order valence-electron chi connectivity index (χ3n) is 3.93. The van der Waals surface area contributed by atoms with Crippen molar-refractivity contribution in [3.8, 4) is 0 Å². The Morgan fingerprint density at radius 2 is 2.14 bits per heavy atom. The minimum Gasteiger partial charge on any atom is -0.478 e. The van der Waals surface area contributed by atoms with Gasteiger partial charge in [0, 0.05) is 13.1 Å². The molecule has 1 saturated heterocycles. The fraction of sp³-hybridized carbons (Fsp3) is 0.533. The average molecular weight is 311 g/mol. The Morgan fingerprint density at radius 1 is 1.43 bits per heavy atom. The lowest BCUT2D eigenvalue weighted by atomic mass is 10.0. The molecule has 1 aromatic carbocycles. The van der Waals surface area contributed by atoms with Gasteiger partial charge in [-0.25, -0.2) is 13.2 Å². The van der Waals surface area contributed by atoms with Crippen LogP contribution in [0.15, 0.2) is 23.1 Å². The average Bonchev–Trinajstić information content (AvgIpc) is 2.46. The molecule has 1 heterocycles. The molecule has 1 aromatic rings. The predicted octanol–water partition coefficient (Wildman–Crippen LogP) is 2.37. The highest BCUT2D eigenvalue weighted by molar-refractivity contribution is 7.89. The van der Waals surface area contributed by atoms with Crippen LogP contribution in [0.4, 0.5) is 0 Å². The summed E-state index contributed by atoms with van der Waals surface area (Å²) in [5.74, 6) is -0.776. The lowest BCUT2D eigenvalue weighted by molar-refractivity contribution is 0.0696. The Bertz CT molecular complexity index is 639. The van der Waals surface area contributed by atoms with Gasteiger partial charge >= 0.3 is 5.97 Å². The molecule has 0 bridgehead atoms. The first-order valence-corrected chi connectivity index (χ1v) is 8.66. The Labute approximate surface area is 125 Å². The Hall–Kier alpha value is -1.40. The maximum atomic E-state index is 12.8. The van der Waals surface area contributed by atoms with E-state index in [2.05, 4.69) is 0 Å². The molecule has 0 amide bonds. The number of aromatic carboxylic acids is 1. The van der Waals surface area contributed by atoms with E-state index in [0.717, 1.165) is 12.8 Å². The summed E-state index contributed by atoms with van der Waals surface area (Å²) in [6.07, 6.45) is 2.43. The van der Waals surface area contributed by atoms with Crippen molar-refractivity contribution in [3.05, 3.63) is 29.3 Å². The van der Waals surface area contributed by atoms with E-state index in [0.29, 0.717) is 31.0 Å². The molecule has 21 heavy (non-hydrogen) atoms. The first-order valence-electron chi connectivity index (χ1n) is 7.22. The quantitative estimate of drug-likeness (QED) is 0.926. The maximum Gasteiger partial charge on any atom is 0.335 e. The van der Waals surface area contributed by atoms with Crippen LogP contribution < -0.4 is 0 Å². The van der Waals surface area contributed by atoms with Gasteiger partial charge in [0.25, 0.3) is 0 Å². The number of nitrogens with zero attached hydrogens (tertiary/aromatic N) is 1. The second-order valence-electron chi connectivity index (χ2n) is 5.59. The molecule has 0 aliphatic carbocycles. The zero-order valence-corrected chi connectivity index (χ0v) is 13.2. The first kappa shape index (κ1) is 16.0. The van der Waals surface area contributed by atoms with E-state index >= 15 is 0 Å². The van der Waals surface area contributed by atoms with Crippen LogP contribution in [-0.2, 0) is 16.4 Å². The minimum absolute atomic E-state index is 0.0100. The zero-order chi connectivity index (χ0) is 15.6. The third-order valence-corrected chi connectivity index (χ3v) is 5.88. The monoisotopic (exact) mass is 311 g/mol. The summed E-state index contributed by atoms with van der Waals surface area (Å²) < 4.78 is 27.1. The summed E-state index contributed by atoms with van der Waals surface area (Å²) in [6, 6.07) is 4.35. The predicted molar refractivity (Wildman–Crippen MR) is 79.9 cm³/mol. The third kappa shape index (κ3) is 3.27. The van der Waals surface area contributed by atoms with Crippen molar-refractivity contribution >= 4 is 16.0 Å². The lowest BCUT2D eigenvalue weighted by Crippen LogP contribution is -2.39. The number of hydrogen-bond acceptors (Lipinski definition) is 3. The van der Waals surface area contributed by atoms with Crippen molar-refractivity contribution in [2.24, 2.45) is 5.92 Å². The van der Waals surface area contributed by atoms with Gasteiger partial charge in [0.2, 0.25) is 10.0 Å². The molecule has 0 saturated carbocycles. The topological polar surface area (TPSA) is 74.7 Å². The van der Waals surface area contributed by atoms with E-state index in [1.165, 1.54) is 16.4 Å². The van der Waals surface area contributed by atoms with E-state index in [-0.39, 0.29) is 10.5 Å². The number of benzene rings is 1. The van der Waals surface area contributed by atoms with E-state index in [9.17, 15) is 13.2 Å². The van der Waals surface area contributed by atoms with Gasteiger partial charge in [0.05, 0.1) is 10.5 Å². The molecule has 1 N–H and O–H groups in total. The van der Waals surface area contributed by atoms with E-state index in [1.807, 2.05) is 13.8 Å².